The average Bonchev–Trinajstić information content (AvgIpc) is 1.88. The van der Waals surface area contributed by atoms with Gasteiger partial charge in [-0.3, -0.25) is 4.99 Å². The maximum absolute atomic E-state index is 4.48. The Morgan fingerprint density at radius 2 is 2.30 bits per heavy atom. The zero-order valence-corrected chi connectivity index (χ0v) is 7.22. The maximum Gasteiger partial charge on any atom is 0.0493 e. The zero-order valence-electron chi connectivity index (χ0n) is 7.22. The van der Waals surface area contributed by atoms with Gasteiger partial charge in [-0.15, -0.1) is 0 Å². The van der Waals surface area contributed by atoms with Crippen molar-refractivity contribution < 1.29 is 0 Å². The van der Waals surface area contributed by atoms with Crippen LogP contribution in [0.1, 0.15) is 40.0 Å². The first-order chi connectivity index (χ1) is 4.64. The van der Waals surface area contributed by atoms with E-state index < -0.39 is 0 Å². The molecule has 0 N–H and O–H groups in total. The van der Waals surface area contributed by atoms with E-state index in [2.05, 4.69) is 32.0 Å². The van der Waals surface area contributed by atoms with Crippen molar-refractivity contribution in [2.45, 2.75) is 46.1 Å². The van der Waals surface area contributed by atoms with Crippen molar-refractivity contribution in [2.24, 2.45) is 10.4 Å². The summed E-state index contributed by atoms with van der Waals surface area (Å²) in [6, 6.07) is 0.619. The molecular formula is C9H17N. The molecule has 0 saturated carbocycles. The van der Waals surface area contributed by atoms with E-state index in [1.165, 1.54) is 19.3 Å². The van der Waals surface area contributed by atoms with Crippen LogP contribution in [0.2, 0.25) is 0 Å². The largest absolute Gasteiger partial charge is 0.294 e. The number of aliphatic imine (C=N–C) groups is 1. The molecule has 0 saturated heterocycles. The Labute approximate surface area is 63.5 Å². The summed E-state index contributed by atoms with van der Waals surface area (Å²) >= 11 is 0. The minimum atomic E-state index is 0.367. The maximum atomic E-state index is 4.48. The molecule has 0 unspecified atom stereocenters. The van der Waals surface area contributed by atoms with Crippen LogP contribution in [0.5, 0.6) is 0 Å². The van der Waals surface area contributed by atoms with Gasteiger partial charge in [0.1, 0.15) is 0 Å². The molecule has 1 rings (SSSR count). The Bertz CT molecular complexity index is 136. The van der Waals surface area contributed by atoms with Crippen molar-refractivity contribution in [1.29, 1.82) is 0 Å². The molecule has 1 heterocycles. The lowest BCUT2D eigenvalue weighted by Crippen LogP contribution is -2.22. The molecule has 0 aromatic carbocycles. The van der Waals surface area contributed by atoms with Gasteiger partial charge in [-0.1, -0.05) is 20.8 Å². The van der Waals surface area contributed by atoms with Gasteiger partial charge in [-0.2, -0.15) is 0 Å². The fraction of sp³-hybridized carbons (Fsp3) is 0.889. The third kappa shape index (κ3) is 1.83. The second-order valence-electron chi connectivity index (χ2n) is 3.87. The summed E-state index contributed by atoms with van der Waals surface area (Å²) in [6.45, 7) is 6.71. The van der Waals surface area contributed by atoms with Gasteiger partial charge in [0.2, 0.25) is 0 Å². The highest BCUT2D eigenvalue weighted by Gasteiger charge is 2.21. The summed E-state index contributed by atoms with van der Waals surface area (Å²) in [6.07, 6.45) is 5.91. The molecule has 1 aliphatic heterocycles. The molecule has 1 nitrogen and oxygen atoms in total. The van der Waals surface area contributed by atoms with E-state index in [0.29, 0.717) is 11.5 Å². The number of hydrogen-bond donors (Lipinski definition) is 0. The van der Waals surface area contributed by atoms with E-state index in [1.54, 1.807) is 0 Å². The first-order valence-corrected chi connectivity index (χ1v) is 4.18. The molecule has 1 heteroatoms. The highest BCUT2D eigenvalue weighted by atomic mass is 14.8. The lowest BCUT2D eigenvalue weighted by atomic mass is 9.85. The Balaban J connectivity index is 2.52. The molecule has 0 fully saturated rings. The fourth-order valence-corrected chi connectivity index (χ4v) is 1.29. The second kappa shape index (κ2) is 2.73. The van der Waals surface area contributed by atoms with Crippen LogP contribution in [-0.4, -0.2) is 12.3 Å². The monoisotopic (exact) mass is 139 g/mol. The number of nitrogens with zero attached hydrogens (tertiary/aromatic N) is 1. The van der Waals surface area contributed by atoms with Gasteiger partial charge in [0, 0.05) is 12.3 Å². The third-order valence-corrected chi connectivity index (χ3v) is 2.23. The van der Waals surface area contributed by atoms with Crippen LogP contribution in [0.3, 0.4) is 0 Å². The standard InChI is InChI=1S/C9H17N/c1-4-8-5-6-9(2,3)7-10-8/h7-8H,4-6H2,1-3H3/t8-/m0/s1. The molecular weight excluding hydrogens is 122 g/mol. The zero-order chi connectivity index (χ0) is 7.61. The Morgan fingerprint density at radius 3 is 2.70 bits per heavy atom. The van der Waals surface area contributed by atoms with Crippen molar-refractivity contribution in [1.82, 2.24) is 0 Å². The fourth-order valence-electron chi connectivity index (χ4n) is 1.29. The highest BCUT2D eigenvalue weighted by molar-refractivity contribution is 5.65. The second-order valence-corrected chi connectivity index (χ2v) is 3.87. The van der Waals surface area contributed by atoms with Gasteiger partial charge in [-0.05, 0) is 24.7 Å². The molecule has 10 heavy (non-hydrogen) atoms. The van der Waals surface area contributed by atoms with Crippen LogP contribution in [-0.2, 0) is 0 Å². The predicted molar refractivity (Wildman–Crippen MR) is 45.6 cm³/mol. The average molecular weight is 139 g/mol. The van der Waals surface area contributed by atoms with E-state index in [4.69, 9.17) is 0 Å². The molecule has 1 aliphatic rings. The Kier molecular flexibility index (Phi) is 2.12. The Morgan fingerprint density at radius 1 is 1.60 bits per heavy atom. The molecule has 0 spiro atoms. The van der Waals surface area contributed by atoms with Gasteiger partial charge in [0.05, 0.1) is 0 Å². The van der Waals surface area contributed by atoms with Gasteiger partial charge >= 0.3 is 0 Å². The normalized spacial score (nSPS) is 30.5. The van der Waals surface area contributed by atoms with Crippen molar-refractivity contribution >= 4 is 6.21 Å². The SMILES string of the molecule is CC[C@H]1CCC(C)(C)C=N1. The summed E-state index contributed by atoms with van der Waals surface area (Å²) in [7, 11) is 0. The van der Waals surface area contributed by atoms with Crippen LogP contribution in [0, 0.1) is 5.41 Å². The lowest BCUT2D eigenvalue weighted by Gasteiger charge is -2.26. The summed E-state index contributed by atoms with van der Waals surface area (Å²) in [5.74, 6) is 0. The Hall–Kier alpha value is -0.330. The molecule has 0 aliphatic carbocycles. The van der Waals surface area contributed by atoms with Gasteiger partial charge in [0.15, 0.2) is 0 Å². The van der Waals surface area contributed by atoms with Gasteiger partial charge in [0.25, 0.3) is 0 Å². The summed E-state index contributed by atoms with van der Waals surface area (Å²) in [4.78, 5) is 4.48. The predicted octanol–water partition coefficient (Wildman–Crippen LogP) is 2.66. The first kappa shape index (κ1) is 7.77. The molecule has 58 valence electrons. The van der Waals surface area contributed by atoms with Crippen LogP contribution < -0.4 is 0 Å². The smallest absolute Gasteiger partial charge is 0.0493 e. The first-order valence-electron chi connectivity index (χ1n) is 4.18. The summed E-state index contributed by atoms with van der Waals surface area (Å²) < 4.78 is 0. The minimum absolute atomic E-state index is 0.367. The minimum Gasteiger partial charge on any atom is -0.294 e. The number of rotatable bonds is 1. The van der Waals surface area contributed by atoms with Crippen LogP contribution >= 0.6 is 0 Å². The van der Waals surface area contributed by atoms with E-state index in [9.17, 15) is 0 Å². The van der Waals surface area contributed by atoms with Crippen molar-refractivity contribution in [2.75, 3.05) is 0 Å². The van der Waals surface area contributed by atoms with Crippen LogP contribution in [0.15, 0.2) is 4.99 Å². The molecule has 0 bridgehead atoms. The van der Waals surface area contributed by atoms with E-state index in [0.717, 1.165) is 0 Å². The molecule has 0 aromatic rings. The summed E-state index contributed by atoms with van der Waals surface area (Å²) in [5.41, 5.74) is 0.367. The van der Waals surface area contributed by atoms with Gasteiger partial charge in [-0.25, -0.2) is 0 Å². The van der Waals surface area contributed by atoms with E-state index in [-0.39, 0.29) is 0 Å². The topological polar surface area (TPSA) is 12.4 Å². The molecule has 1 atom stereocenters. The molecule has 0 aromatic heterocycles. The number of hydrogen-bond acceptors (Lipinski definition) is 1. The van der Waals surface area contributed by atoms with Crippen LogP contribution in [0.4, 0.5) is 0 Å². The summed E-state index contributed by atoms with van der Waals surface area (Å²) in [5, 5.41) is 0. The molecule has 0 radical (unpaired) electrons. The third-order valence-electron chi connectivity index (χ3n) is 2.23. The van der Waals surface area contributed by atoms with E-state index >= 15 is 0 Å². The van der Waals surface area contributed by atoms with Gasteiger partial charge < -0.3 is 0 Å². The molecule has 0 amide bonds. The van der Waals surface area contributed by atoms with Crippen molar-refractivity contribution in [3.8, 4) is 0 Å². The van der Waals surface area contributed by atoms with Crippen LogP contribution in [0.25, 0.3) is 0 Å². The van der Waals surface area contributed by atoms with Crippen molar-refractivity contribution in [3.05, 3.63) is 0 Å². The van der Waals surface area contributed by atoms with E-state index in [1.807, 2.05) is 0 Å². The van der Waals surface area contributed by atoms with Crippen molar-refractivity contribution in [3.63, 3.8) is 0 Å². The quantitative estimate of drug-likeness (QED) is 0.529. The highest BCUT2D eigenvalue weighted by Crippen LogP contribution is 2.26. The lowest BCUT2D eigenvalue weighted by molar-refractivity contribution is 0.401.